The van der Waals surface area contributed by atoms with E-state index in [0.717, 1.165) is 16.0 Å². The predicted molar refractivity (Wildman–Crippen MR) is 110 cm³/mol. The maximum absolute atomic E-state index is 12.3. The Morgan fingerprint density at radius 1 is 1.32 bits per heavy atom. The molecule has 1 amide bonds. The molecule has 1 aromatic carbocycles. The Morgan fingerprint density at radius 2 is 2.07 bits per heavy atom. The molecule has 2 aromatic heterocycles. The number of carbonyl (C=O) groups excluding carboxylic acids is 1. The summed E-state index contributed by atoms with van der Waals surface area (Å²) in [5, 5.41) is 19.6. The molecule has 3 heterocycles. The van der Waals surface area contributed by atoms with Gasteiger partial charge in [0.1, 0.15) is 5.82 Å². The lowest BCUT2D eigenvalue weighted by molar-refractivity contribution is -0.113. The first-order valence-electron chi connectivity index (χ1n) is 8.55. The van der Waals surface area contributed by atoms with Crippen LogP contribution in [0.25, 0.3) is 0 Å². The number of carbonyl (C=O) groups is 1. The van der Waals surface area contributed by atoms with Gasteiger partial charge in [0.25, 0.3) is 0 Å². The molecule has 146 valence electrons. The molecule has 9 heteroatoms. The van der Waals surface area contributed by atoms with E-state index in [1.54, 1.807) is 29.7 Å². The van der Waals surface area contributed by atoms with Gasteiger partial charge in [0.2, 0.25) is 11.7 Å². The third-order valence-electron chi connectivity index (χ3n) is 4.48. The lowest BCUT2D eigenvalue weighted by atomic mass is 10.0. The molecular formula is C19H19N3O4S2. The third kappa shape index (κ3) is 3.43. The molecule has 2 N–H and O–H groups in total. The lowest BCUT2D eigenvalue weighted by Crippen LogP contribution is -2.16. The van der Waals surface area contributed by atoms with E-state index in [4.69, 9.17) is 9.47 Å². The second-order valence-electron chi connectivity index (χ2n) is 6.20. The van der Waals surface area contributed by atoms with Crippen LogP contribution in [-0.4, -0.2) is 40.8 Å². The van der Waals surface area contributed by atoms with E-state index in [1.165, 1.54) is 26.0 Å². The fraction of sp³-hybridized carbons (Fsp3) is 0.263. The summed E-state index contributed by atoms with van der Waals surface area (Å²) in [6, 6.07) is 7.57. The van der Waals surface area contributed by atoms with Gasteiger partial charge in [0, 0.05) is 10.4 Å². The number of hydrogen-bond donors (Lipinski definition) is 2. The van der Waals surface area contributed by atoms with Crippen molar-refractivity contribution in [3.8, 4) is 17.2 Å². The Kier molecular flexibility index (Phi) is 5.19. The van der Waals surface area contributed by atoms with Crippen molar-refractivity contribution in [1.29, 1.82) is 0 Å². The van der Waals surface area contributed by atoms with Crippen molar-refractivity contribution in [2.75, 3.05) is 25.3 Å². The van der Waals surface area contributed by atoms with Gasteiger partial charge < -0.3 is 19.9 Å². The Bertz CT molecular complexity index is 976. The summed E-state index contributed by atoms with van der Waals surface area (Å²) in [6.07, 6.45) is 1.79. The first-order chi connectivity index (χ1) is 13.6. The largest absolute Gasteiger partial charge is 0.502 e. The summed E-state index contributed by atoms with van der Waals surface area (Å²) in [7, 11) is 2.99. The van der Waals surface area contributed by atoms with Gasteiger partial charge in [0.15, 0.2) is 11.5 Å². The molecule has 0 aliphatic carbocycles. The van der Waals surface area contributed by atoms with Crippen LogP contribution in [-0.2, 0) is 11.3 Å². The molecule has 3 aromatic rings. The number of ether oxygens (including phenoxy) is 2. The molecular weight excluding hydrogens is 398 g/mol. The number of phenolic OH excluding ortho intramolecular Hbond substituents is 1. The van der Waals surface area contributed by atoms with Gasteiger partial charge in [-0.15, -0.1) is 23.1 Å². The monoisotopic (exact) mass is 417 g/mol. The van der Waals surface area contributed by atoms with Gasteiger partial charge in [-0.05, 0) is 29.1 Å². The van der Waals surface area contributed by atoms with Gasteiger partial charge in [-0.3, -0.25) is 4.79 Å². The van der Waals surface area contributed by atoms with Gasteiger partial charge in [-0.2, -0.15) is 5.10 Å². The normalized spacial score (nSPS) is 16.2. The van der Waals surface area contributed by atoms with Crippen molar-refractivity contribution in [1.82, 2.24) is 9.78 Å². The number of anilines is 1. The summed E-state index contributed by atoms with van der Waals surface area (Å²) in [5.41, 5.74) is 1.77. The minimum atomic E-state index is -0.158. The average molecular weight is 418 g/mol. The van der Waals surface area contributed by atoms with Crippen molar-refractivity contribution in [2.24, 2.45) is 0 Å². The summed E-state index contributed by atoms with van der Waals surface area (Å²) in [4.78, 5) is 13.5. The van der Waals surface area contributed by atoms with E-state index in [-0.39, 0.29) is 16.9 Å². The zero-order valence-corrected chi connectivity index (χ0v) is 17.0. The topological polar surface area (TPSA) is 85.6 Å². The van der Waals surface area contributed by atoms with Crippen molar-refractivity contribution < 1.29 is 19.4 Å². The van der Waals surface area contributed by atoms with Gasteiger partial charge in [0.05, 0.1) is 38.0 Å². The van der Waals surface area contributed by atoms with E-state index in [2.05, 4.69) is 10.4 Å². The van der Waals surface area contributed by atoms with Crippen LogP contribution in [0, 0.1) is 0 Å². The number of nitrogens with zero attached hydrogens (tertiary/aromatic N) is 2. The maximum atomic E-state index is 12.3. The van der Waals surface area contributed by atoms with Gasteiger partial charge in [-0.1, -0.05) is 6.07 Å². The van der Waals surface area contributed by atoms with E-state index in [9.17, 15) is 9.90 Å². The minimum absolute atomic E-state index is 0.0461. The highest BCUT2D eigenvalue weighted by Crippen LogP contribution is 2.46. The van der Waals surface area contributed by atoms with Crippen LogP contribution in [0.2, 0.25) is 0 Å². The quantitative estimate of drug-likeness (QED) is 0.661. The molecule has 0 fully saturated rings. The van der Waals surface area contributed by atoms with Crippen LogP contribution >= 0.6 is 23.1 Å². The number of fused-ring (bicyclic) bond motifs is 1. The predicted octanol–water partition coefficient (Wildman–Crippen LogP) is 3.49. The SMILES string of the molecule is COc1cc([C@H]2SCC(=O)Nc3c2cnn3Cc2cccs2)cc(OC)c1O. The van der Waals surface area contributed by atoms with Gasteiger partial charge >= 0.3 is 0 Å². The highest BCUT2D eigenvalue weighted by atomic mass is 32.2. The smallest absolute Gasteiger partial charge is 0.235 e. The molecule has 0 bridgehead atoms. The number of phenols is 1. The summed E-state index contributed by atoms with van der Waals surface area (Å²) < 4.78 is 12.4. The van der Waals surface area contributed by atoms with E-state index in [0.29, 0.717) is 29.6 Å². The summed E-state index contributed by atoms with van der Waals surface area (Å²) >= 11 is 3.14. The molecule has 1 aliphatic rings. The first-order valence-corrected chi connectivity index (χ1v) is 10.5. The number of methoxy groups -OCH3 is 2. The highest BCUT2D eigenvalue weighted by molar-refractivity contribution is 8.00. The summed E-state index contributed by atoms with van der Waals surface area (Å²) in [5.74, 6) is 1.54. The van der Waals surface area contributed by atoms with E-state index < -0.39 is 0 Å². The number of aromatic hydroxyl groups is 1. The number of amides is 1. The zero-order chi connectivity index (χ0) is 19.7. The number of nitrogens with one attached hydrogen (secondary N) is 1. The first kappa shape index (κ1) is 18.7. The molecule has 0 unspecified atom stereocenters. The fourth-order valence-electron chi connectivity index (χ4n) is 3.16. The van der Waals surface area contributed by atoms with Crippen molar-refractivity contribution in [3.05, 3.63) is 51.8 Å². The fourth-order valence-corrected chi connectivity index (χ4v) is 4.91. The van der Waals surface area contributed by atoms with E-state index in [1.807, 2.05) is 22.2 Å². The number of thiophene rings is 1. The maximum Gasteiger partial charge on any atom is 0.235 e. The number of benzene rings is 1. The Morgan fingerprint density at radius 3 is 2.71 bits per heavy atom. The Hall–Kier alpha value is -2.65. The second kappa shape index (κ2) is 7.76. The third-order valence-corrected chi connectivity index (χ3v) is 6.63. The van der Waals surface area contributed by atoms with Crippen LogP contribution < -0.4 is 14.8 Å². The highest BCUT2D eigenvalue weighted by Gasteiger charge is 2.29. The van der Waals surface area contributed by atoms with Crippen LogP contribution in [0.3, 0.4) is 0 Å². The zero-order valence-electron chi connectivity index (χ0n) is 15.3. The summed E-state index contributed by atoms with van der Waals surface area (Å²) in [6.45, 7) is 0.590. The van der Waals surface area contributed by atoms with Gasteiger partial charge in [-0.25, -0.2) is 4.68 Å². The molecule has 1 aliphatic heterocycles. The van der Waals surface area contributed by atoms with Crippen molar-refractivity contribution in [3.63, 3.8) is 0 Å². The number of rotatable bonds is 5. The molecule has 0 saturated heterocycles. The number of thioether (sulfide) groups is 1. The van der Waals surface area contributed by atoms with Crippen molar-refractivity contribution >= 4 is 34.8 Å². The Balaban J connectivity index is 1.78. The van der Waals surface area contributed by atoms with Crippen LogP contribution in [0.5, 0.6) is 17.2 Å². The van der Waals surface area contributed by atoms with E-state index >= 15 is 0 Å². The molecule has 28 heavy (non-hydrogen) atoms. The lowest BCUT2D eigenvalue weighted by Gasteiger charge is -2.17. The standard InChI is InChI=1S/C19H19N3O4S2/c1-25-14-6-11(7-15(26-2)17(14)24)18-13-8-20-22(9-12-4-3-5-27-12)19(13)21-16(23)10-28-18/h3-8,18,24H,9-10H2,1-2H3,(H,21,23)/t18-/m1/s1. The number of aromatic nitrogens is 2. The molecule has 0 radical (unpaired) electrons. The van der Waals surface area contributed by atoms with Crippen LogP contribution in [0.4, 0.5) is 5.82 Å². The second-order valence-corrected chi connectivity index (χ2v) is 8.32. The minimum Gasteiger partial charge on any atom is -0.502 e. The molecule has 4 rings (SSSR count). The van der Waals surface area contributed by atoms with Crippen LogP contribution in [0.15, 0.2) is 35.8 Å². The average Bonchev–Trinajstić information content (AvgIpc) is 3.31. The molecule has 0 spiro atoms. The Labute approximate surface area is 170 Å². The molecule has 1 atom stereocenters. The van der Waals surface area contributed by atoms with Crippen molar-refractivity contribution in [2.45, 2.75) is 11.8 Å². The molecule has 0 saturated carbocycles. The molecule has 7 nitrogen and oxygen atoms in total. The number of hydrogen-bond acceptors (Lipinski definition) is 7. The van der Waals surface area contributed by atoms with Crippen LogP contribution in [0.1, 0.15) is 21.3 Å².